The highest BCUT2D eigenvalue weighted by atomic mass is 79.9. The quantitative estimate of drug-likeness (QED) is 0.773. The van der Waals surface area contributed by atoms with E-state index in [4.69, 9.17) is 5.73 Å². The van der Waals surface area contributed by atoms with Gasteiger partial charge in [-0.05, 0) is 29.3 Å². The van der Waals surface area contributed by atoms with Crippen molar-refractivity contribution in [3.8, 4) is 0 Å². The lowest BCUT2D eigenvalue weighted by atomic mass is 10.0. The number of halogens is 1. The summed E-state index contributed by atoms with van der Waals surface area (Å²) in [4.78, 5) is 7.83. The lowest BCUT2D eigenvalue weighted by Crippen LogP contribution is -2.32. The first kappa shape index (κ1) is 12.2. The first-order chi connectivity index (χ1) is 6.94. The van der Waals surface area contributed by atoms with Crippen LogP contribution in [-0.4, -0.2) is 27.2 Å². The van der Waals surface area contributed by atoms with E-state index in [-0.39, 0.29) is 5.95 Å². The van der Waals surface area contributed by atoms with Crippen molar-refractivity contribution in [1.82, 2.24) is 9.97 Å². The molecule has 1 aromatic rings. The lowest BCUT2D eigenvalue weighted by molar-refractivity contribution is 0.0696. The van der Waals surface area contributed by atoms with E-state index >= 15 is 0 Å². The number of hydrogen-bond donors (Lipinski definition) is 3. The van der Waals surface area contributed by atoms with E-state index in [0.29, 0.717) is 18.8 Å². The lowest BCUT2D eigenvalue weighted by Gasteiger charge is -2.22. The molecule has 0 aliphatic rings. The molecule has 0 saturated heterocycles. The summed E-state index contributed by atoms with van der Waals surface area (Å²) in [6, 6.07) is 0. The predicted octanol–water partition coefficient (Wildman–Crippen LogP) is 1.39. The van der Waals surface area contributed by atoms with Crippen LogP contribution in [0.15, 0.2) is 10.7 Å². The van der Waals surface area contributed by atoms with Crippen molar-refractivity contribution in [2.24, 2.45) is 0 Å². The molecule has 1 rings (SSSR count). The molecule has 0 spiro atoms. The normalized spacial score (nSPS) is 14.7. The van der Waals surface area contributed by atoms with E-state index in [1.54, 1.807) is 13.1 Å². The zero-order chi connectivity index (χ0) is 11.5. The number of hydrogen-bond acceptors (Lipinski definition) is 5. The van der Waals surface area contributed by atoms with Gasteiger partial charge in [-0.15, -0.1) is 0 Å². The van der Waals surface area contributed by atoms with Crippen LogP contribution in [0.4, 0.5) is 11.8 Å². The van der Waals surface area contributed by atoms with Crippen LogP contribution < -0.4 is 11.1 Å². The van der Waals surface area contributed by atoms with Crippen LogP contribution in [0.25, 0.3) is 0 Å². The minimum atomic E-state index is -0.751. The molecule has 0 saturated carbocycles. The zero-order valence-electron chi connectivity index (χ0n) is 8.79. The summed E-state index contributed by atoms with van der Waals surface area (Å²) in [6.07, 6.45) is 2.24. The molecule has 84 valence electrons. The number of nitrogen functional groups attached to an aromatic ring is 1. The van der Waals surface area contributed by atoms with E-state index in [2.05, 4.69) is 31.2 Å². The highest BCUT2D eigenvalue weighted by molar-refractivity contribution is 9.10. The van der Waals surface area contributed by atoms with Gasteiger partial charge in [-0.1, -0.05) is 6.92 Å². The highest BCUT2D eigenvalue weighted by Crippen LogP contribution is 2.20. The van der Waals surface area contributed by atoms with Crippen LogP contribution in [0.1, 0.15) is 20.3 Å². The Balaban J connectivity index is 2.69. The molecule has 6 heteroatoms. The fourth-order valence-corrected chi connectivity index (χ4v) is 1.24. The molecule has 15 heavy (non-hydrogen) atoms. The average Bonchev–Trinajstić information content (AvgIpc) is 2.20. The van der Waals surface area contributed by atoms with Crippen LogP contribution in [0, 0.1) is 0 Å². The minimum Gasteiger partial charge on any atom is -0.388 e. The third kappa shape index (κ3) is 3.64. The van der Waals surface area contributed by atoms with Crippen molar-refractivity contribution in [3.05, 3.63) is 10.7 Å². The molecular formula is C9H15BrN4O. The van der Waals surface area contributed by atoms with Gasteiger partial charge < -0.3 is 16.2 Å². The maximum Gasteiger partial charge on any atom is 0.221 e. The summed E-state index contributed by atoms with van der Waals surface area (Å²) >= 11 is 3.30. The van der Waals surface area contributed by atoms with Gasteiger partial charge in [-0.2, -0.15) is 4.98 Å². The largest absolute Gasteiger partial charge is 0.388 e. The molecule has 4 N–H and O–H groups in total. The first-order valence-corrected chi connectivity index (χ1v) is 5.48. The summed E-state index contributed by atoms with van der Waals surface area (Å²) in [5, 5.41) is 12.8. The van der Waals surface area contributed by atoms with Gasteiger partial charge >= 0.3 is 0 Å². The van der Waals surface area contributed by atoms with Crippen molar-refractivity contribution in [1.29, 1.82) is 0 Å². The average molecular weight is 275 g/mol. The van der Waals surface area contributed by atoms with Crippen molar-refractivity contribution < 1.29 is 5.11 Å². The smallest absolute Gasteiger partial charge is 0.221 e. The molecule has 0 bridgehead atoms. The fraction of sp³-hybridized carbons (Fsp3) is 0.556. The van der Waals surface area contributed by atoms with Crippen LogP contribution in [-0.2, 0) is 0 Å². The number of nitrogens with zero attached hydrogens (tertiary/aromatic N) is 2. The van der Waals surface area contributed by atoms with Gasteiger partial charge in [0.15, 0.2) is 0 Å². The van der Waals surface area contributed by atoms with Crippen LogP contribution >= 0.6 is 15.9 Å². The minimum absolute atomic E-state index is 0.205. The predicted molar refractivity (Wildman–Crippen MR) is 63.5 cm³/mol. The molecule has 1 heterocycles. The summed E-state index contributed by atoms with van der Waals surface area (Å²) in [7, 11) is 0. The van der Waals surface area contributed by atoms with Crippen LogP contribution in [0.5, 0.6) is 0 Å². The fourth-order valence-electron chi connectivity index (χ4n) is 0.904. The summed E-state index contributed by atoms with van der Waals surface area (Å²) in [5.41, 5.74) is 4.70. The molecule has 0 radical (unpaired) electrons. The Morgan fingerprint density at radius 1 is 1.67 bits per heavy atom. The number of nitrogens with two attached hydrogens (primary N) is 1. The second-order valence-electron chi connectivity index (χ2n) is 3.63. The Kier molecular flexibility index (Phi) is 3.87. The zero-order valence-corrected chi connectivity index (χ0v) is 10.4. The number of rotatable bonds is 4. The molecule has 1 atom stereocenters. The molecule has 0 amide bonds. The topological polar surface area (TPSA) is 84.1 Å². The van der Waals surface area contributed by atoms with E-state index in [9.17, 15) is 5.11 Å². The van der Waals surface area contributed by atoms with Crippen LogP contribution in [0.2, 0.25) is 0 Å². The third-order valence-corrected chi connectivity index (χ3v) is 2.74. The molecule has 1 aromatic heterocycles. The SMILES string of the molecule is CCC(C)(O)CNc1nc(N)ncc1Br. The third-order valence-electron chi connectivity index (χ3n) is 2.16. The Labute approximate surface area is 97.2 Å². The number of aromatic nitrogens is 2. The maximum absolute atomic E-state index is 9.79. The molecule has 5 nitrogen and oxygen atoms in total. The van der Waals surface area contributed by atoms with E-state index in [1.807, 2.05) is 6.92 Å². The van der Waals surface area contributed by atoms with E-state index in [0.717, 1.165) is 4.47 Å². The van der Waals surface area contributed by atoms with Gasteiger partial charge in [-0.3, -0.25) is 0 Å². The van der Waals surface area contributed by atoms with Gasteiger partial charge in [0, 0.05) is 12.7 Å². The van der Waals surface area contributed by atoms with Crippen molar-refractivity contribution >= 4 is 27.7 Å². The monoisotopic (exact) mass is 274 g/mol. The summed E-state index contributed by atoms with van der Waals surface area (Å²) in [5.74, 6) is 0.799. The van der Waals surface area contributed by atoms with Gasteiger partial charge in [0.25, 0.3) is 0 Å². The number of nitrogens with one attached hydrogen (secondary N) is 1. The Bertz CT molecular complexity index is 343. The summed E-state index contributed by atoms with van der Waals surface area (Å²) < 4.78 is 0.726. The summed E-state index contributed by atoms with van der Waals surface area (Å²) in [6.45, 7) is 4.10. The Morgan fingerprint density at radius 3 is 2.93 bits per heavy atom. The van der Waals surface area contributed by atoms with E-state index in [1.165, 1.54) is 0 Å². The van der Waals surface area contributed by atoms with Crippen molar-refractivity contribution in [2.45, 2.75) is 25.9 Å². The van der Waals surface area contributed by atoms with Gasteiger partial charge in [0.2, 0.25) is 5.95 Å². The maximum atomic E-state index is 9.79. The molecular weight excluding hydrogens is 260 g/mol. The second kappa shape index (κ2) is 4.76. The van der Waals surface area contributed by atoms with Gasteiger partial charge in [-0.25, -0.2) is 4.98 Å². The number of anilines is 2. The van der Waals surface area contributed by atoms with Crippen molar-refractivity contribution in [3.63, 3.8) is 0 Å². The van der Waals surface area contributed by atoms with E-state index < -0.39 is 5.60 Å². The highest BCUT2D eigenvalue weighted by Gasteiger charge is 2.17. The second-order valence-corrected chi connectivity index (χ2v) is 4.48. The Morgan fingerprint density at radius 2 is 2.33 bits per heavy atom. The first-order valence-electron chi connectivity index (χ1n) is 4.69. The molecule has 0 aromatic carbocycles. The van der Waals surface area contributed by atoms with Gasteiger partial charge in [0.05, 0.1) is 10.1 Å². The standard InChI is InChI=1S/C9H15BrN4O/c1-3-9(2,15)5-13-7-6(10)4-12-8(11)14-7/h4,15H,3,5H2,1-2H3,(H3,11,12,13,14). The molecule has 0 aliphatic carbocycles. The molecule has 0 fully saturated rings. The van der Waals surface area contributed by atoms with Gasteiger partial charge in [0.1, 0.15) is 5.82 Å². The van der Waals surface area contributed by atoms with Crippen LogP contribution in [0.3, 0.4) is 0 Å². The number of aliphatic hydroxyl groups is 1. The Hall–Kier alpha value is -0.880. The van der Waals surface area contributed by atoms with Crippen molar-refractivity contribution in [2.75, 3.05) is 17.6 Å². The molecule has 1 unspecified atom stereocenters. The molecule has 0 aliphatic heterocycles.